The summed E-state index contributed by atoms with van der Waals surface area (Å²) in [6.45, 7) is 3.00. The molecule has 0 bridgehead atoms. The van der Waals surface area contributed by atoms with Crippen LogP contribution in [0.4, 0.5) is 0 Å². The second-order valence-corrected chi connectivity index (χ2v) is 9.34. The van der Waals surface area contributed by atoms with Crippen molar-refractivity contribution in [3.05, 3.63) is 0 Å². The Balaban J connectivity index is 2.12. The van der Waals surface area contributed by atoms with E-state index in [9.17, 15) is 13.2 Å². The summed E-state index contributed by atoms with van der Waals surface area (Å²) in [6, 6.07) is -0.226. The van der Waals surface area contributed by atoms with Gasteiger partial charge in [0.2, 0.25) is 5.91 Å². The number of hydrogen-bond acceptors (Lipinski definition) is 6. The van der Waals surface area contributed by atoms with Gasteiger partial charge in [-0.1, -0.05) is 6.92 Å². The highest BCUT2D eigenvalue weighted by Gasteiger charge is 2.38. The summed E-state index contributed by atoms with van der Waals surface area (Å²) >= 11 is 3.36. The molecule has 0 aliphatic carbocycles. The first-order valence-electron chi connectivity index (χ1n) is 6.47. The quantitative estimate of drug-likeness (QED) is 0.790. The van der Waals surface area contributed by atoms with Crippen LogP contribution in [-0.4, -0.2) is 72.5 Å². The van der Waals surface area contributed by atoms with Crippen molar-refractivity contribution in [3.63, 3.8) is 0 Å². The van der Waals surface area contributed by atoms with E-state index in [4.69, 9.17) is 0 Å². The third-order valence-corrected chi connectivity index (χ3v) is 7.75. The highest BCUT2D eigenvalue weighted by molar-refractivity contribution is 8.01. The molecule has 1 N–H and O–H groups in total. The van der Waals surface area contributed by atoms with Gasteiger partial charge in [-0.15, -0.1) is 0 Å². The summed E-state index contributed by atoms with van der Waals surface area (Å²) in [6.07, 6.45) is 0. The Labute approximate surface area is 123 Å². The Morgan fingerprint density at radius 2 is 2.05 bits per heavy atom. The molecule has 2 aliphatic rings. The largest absolute Gasteiger partial charge is 0.323 e. The fraction of sp³-hybridized carbons (Fsp3) is 0.909. The molecule has 2 aliphatic heterocycles. The third kappa shape index (κ3) is 3.59. The zero-order valence-corrected chi connectivity index (χ0v) is 13.5. The lowest BCUT2D eigenvalue weighted by atomic mass is 10.2. The Morgan fingerprint density at radius 1 is 1.32 bits per heavy atom. The number of nitrogens with one attached hydrogen (secondary N) is 1. The van der Waals surface area contributed by atoms with Crippen LogP contribution >= 0.6 is 23.5 Å². The molecule has 1 amide bonds. The van der Waals surface area contributed by atoms with E-state index in [1.807, 2.05) is 0 Å². The van der Waals surface area contributed by atoms with Crippen LogP contribution in [0.25, 0.3) is 0 Å². The molecule has 110 valence electrons. The molecule has 2 heterocycles. The first kappa shape index (κ1) is 15.5. The summed E-state index contributed by atoms with van der Waals surface area (Å²) in [5.41, 5.74) is 0. The lowest BCUT2D eigenvalue weighted by Crippen LogP contribution is -2.58. The Kier molecular flexibility index (Phi) is 5.45. The van der Waals surface area contributed by atoms with Gasteiger partial charge in [0.15, 0.2) is 9.84 Å². The van der Waals surface area contributed by atoms with Gasteiger partial charge >= 0.3 is 0 Å². The predicted molar refractivity (Wildman–Crippen MR) is 81.4 cm³/mol. The molecule has 5 nitrogen and oxygen atoms in total. The Bertz CT molecular complexity index is 421. The minimum absolute atomic E-state index is 0.0467. The highest BCUT2D eigenvalue weighted by Crippen LogP contribution is 2.23. The van der Waals surface area contributed by atoms with E-state index in [-0.39, 0.29) is 17.7 Å². The van der Waals surface area contributed by atoms with Crippen LogP contribution in [0.2, 0.25) is 0 Å². The molecule has 2 atom stereocenters. The molecule has 0 radical (unpaired) electrons. The fourth-order valence-corrected chi connectivity index (χ4v) is 6.15. The van der Waals surface area contributed by atoms with Gasteiger partial charge in [-0.2, -0.15) is 23.5 Å². The molecule has 2 unspecified atom stereocenters. The molecule has 0 saturated carbocycles. The van der Waals surface area contributed by atoms with Gasteiger partial charge in [0.1, 0.15) is 5.37 Å². The van der Waals surface area contributed by atoms with E-state index in [0.29, 0.717) is 12.3 Å². The molecule has 0 aromatic heterocycles. The smallest absolute Gasteiger partial charge is 0.241 e. The lowest BCUT2D eigenvalue weighted by molar-refractivity contribution is -0.133. The lowest BCUT2D eigenvalue weighted by Gasteiger charge is -2.37. The van der Waals surface area contributed by atoms with Crippen LogP contribution in [0.1, 0.15) is 6.92 Å². The number of sulfone groups is 1. The number of carbonyl (C=O) groups is 1. The highest BCUT2D eigenvalue weighted by atomic mass is 32.2. The average molecular weight is 324 g/mol. The predicted octanol–water partition coefficient (Wildman–Crippen LogP) is 0.0276. The molecular weight excluding hydrogens is 304 g/mol. The monoisotopic (exact) mass is 324 g/mol. The van der Waals surface area contributed by atoms with Crippen LogP contribution in [-0.2, 0) is 14.6 Å². The average Bonchev–Trinajstić information content (AvgIpc) is 2.47. The minimum atomic E-state index is -3.20. The van der Waals surface area contributed by atoms with Crippen LogP contribution in [0.3, 0.4) is 0 Å². The molecule has 2 saturated heterocycles. The Hall–Kier alpha value is 0.0800. The van der Waals surface area contributed by atoms with Gasteiger partial charge < -0.3 is 10.2 Å². The topological polar surface area (TPSA) is 66.5 Å². The Morgan fingerprint density at radius 3 is 2.68 bits per heavy atom. The van der Waals surface area contributed by atoms with E-state index >= 15 is 0 Å². The summed E-state index contributed by atoms with van der Waals surface area (Å²) < 4.78 is 24.2. The van der Waals surface area contributed by atoms with Gasteiger partial charge in [0, 0.05) is 41.9 Å². The first-order chi connectivity index (χ1) is 9.06. The van der Waals surface area contributed by atoms with Gasteiger partial charge in [0.05, 0.1) is 6.04 Å². The summed E-state index contributed by atoms with van der Waals surface area (Å²) in [4.78, 5) is 14.1. The van der Waals surface area contributed by atoms with Gasteiger partial charge in [-0.25, -0.2) is 8.42 Å². The number of thioether (sulfide) groups is 2. The van der Waals surface area contributed by atoms with E-state index in [1.165, 1.54) is 0 Å². The van der Waals surface area contributed by atoms with Crippen LogP contribution < -0.4 is 5.32 Å². The molecular formula is C11H20N2O3S3. The molecule has 8 heteroatoms. The van der Waals surface area contributed by atoms with Crippen molar-refractivity contribution in [2.75, 3.05) is 41.9 Å². The molecule has 0 spiro atoms. The van der Waals surface area contributed by atoms with Crippen molar-refractivity contribution in [2.24, 2.45) is 0 Å². The number of rotatable bonds is 3. The van der Waals surface area contributed by atoms with Crippen LogP contribution in [0.15, 0.2) is 0 Å². The number of amides is 1. The van der Waals surface area contributed by atoms with E-state index in [0.717, 1.165) is 23.8 Å². The third-order valence-electron chi connectivity index (χ3n) is 3.40. The number of carbonyl (C=O) groups excluding carboxylic acids is 1. The summed E-state index contributed by atoms with van der Waals surface area (Å²) in [5.74, 6) is 3.12. The van der Waals surface area contributed by atoms with Gasteiger partial charge in [-0.05, 0) is 0 Å². The van der Waals surface area contributed by atoms with Crippen LogP contribution in [0.5, 0.6) is 0 Å². The second kappa shape index (κ2) is 6.69. The van der Waals surface area contributed by atoms with Gasteiger partial charge in [-0.3, -0.25) is 4.79 Å². The van der Waals surface area contributed by atoms with Crippen LogP contribution in [0, 0.1) is 0 Å². The maximum atomic E-state index is 12.5. The maximum Gasteiger partial charge on any atom is 0.241 e. The molecule has 2 fully saturated rings. The molecule has 2 rings (SSSR count). The van der Waals surface area contributed by atoms with Crippen molar-refractivity contribution in [3.8, 4) is 0 Å². The SMILES string of the molecule is CCS(=O)(=O)C1CSCCN1C(=O)C1CSCCN1. The van der Waals surface area contributed by atoms with E-state index in [1.54, 1.807) is 35.3 Å². The molecule has 0 aromatic carbocycles. The summed E-state index contributed by atoms with van der Waals surface area (Å²) in [7, 11) is -3.20. The summed E-state index contributed by atoms with van der Waals surface area (Å²) in [5, 5.41) is 2.55. The zero-order chi connectivity index (χ0) is 13.9. The standard InChI is InChI=1S/C11H20N2O3S3/c1-2-19(15,16)10-8-18-6-4-13(10)11(14)9-7-17-5-3-12-9/h9-10,12H,2-8H2,1H3. The van der Waals surface area contributed by atoms with Crippen molar-refractivity contribution < 1.29 is 13.2 Å². The second-order valence-electron chi connectivity index (χ2n) is 4.59. The van der Waals surface area contributed by atoms with Crippen molar-refractivity contribution in [1.29, 1.82) is 0 Å². The minimum Gasteiger partial charge on any atom is -0.323 e. The number of nitrogens with zero attached hydrogens (tertiary/aromatic N) is 1. The fourth-order valence-electron chi connectivity index (χ4n) is 2.25. The normalized spacial score (nSPS) is 29.2. The molecule has 0 aromatic rings. The van der Waals surface area contributed by atoms with E-state index < -0.39 is 15.2 Å². The van der Waals surface area contributed by atoms with E-state index in [2.05, 4.69) is 5.32 Å². The maximum absolute atomic E-state index is 12.5. The first-order valence-corrected chi connectivity index (χ1v) is 10.5. The molecule has 19 heavy (non-hydrogen) atoms. The van der Waals surface area contributed by atoms with Crippen molar-refractivity contribution >= 4 is 39.3 Å². The van der Waals surface area contributed by atoms with Crippen molar-refractivity contribution in [1.82, 2.24) is 10.2 Å². The van der Waals surface area contributed by atoms with Crippen molar-refractivity contribution in [2.45, 2.75) is 18.3 Å². The number of hydrogen-bond donors (Lipinski definition) is 1. The van der Waals surface area contributed by atoms with Gasteiger partial charge in [0.25, 0.3) is 0 Å². The zero-order valence-electron chi connectivity index (χ0n) is 11.0.